The van der Waals surface area contributed by atoms with E-state index in [0.29, 0.717) is 37.5 Å². The topological polar surface area (TPSA) is 80.4 Å². The van der Waals surface area contributed by atoms with Crippen molar-refractivity contribution in [3.63, 3.8) is 0 Å². The summed E-state index contributed by atoms with van der Waals surface area (Å²) in [6.45, 7) is 8.69. The van der Waals surface area contributed by atoms with Crippen LogP contribution in [0.5, 0.6) is 0 Å². The van der Waals surface area contributed by atoms with Crippen molar-refractivity contribution in [2.75, 3.05) is 0 Å². The first-order valence-corrected chi connectivity index (χ1v) is 13.5. The van der Waals surface area contributed by atoms with Gasteiger partial charge in [-0.25, -0.2) is 0 Å². The second-order valence-corrected chi connectivity index (χ2v) is 11.6. The van der Waals surface area contributed by atoms with Crippen LogP contribution < -0.4 is 0 Å². The van der Waals surface area contributed by atoms with E-state index < -0.39 is 5.97 Å². The van der Waals surface area contributed by atoms with Crippen LogP contribution in [0.4, 0.5) is 0 Å². The van der Waals surface area contributed by atoms with Gasteiger partial charge in [0.15, 0.2) is 0 Å². The van der Waals surface area contributed by atoms with Crippen LogP contribution >= 0.6 is 0 Å². The van der Waals surface area contributed by atoms with Crippen molar-refractivity contribution >= 4 is 11.8 Å². The number of aromatic nitrogens is 1. The third-order valence-corrected chi connectivity index (χ3v) is 7.87. The predicted octanol–water partition coefficient (Wildman–Crippen LogP) is 7.25. The summed E-state index contributed by atoms with van der Waals surface area (Å²) in [4.78, 5) is 24.4. The number of aryl methyl sites for hydroxylation is 2. The molecule has 1 N–H and O–H groups in total. The zero-order valence-corrected chi connectivity index (χ0v) is 21.8. The van der Waals surface area contributed by atoms with Gasteiger partial charge in [-0.15, -0.1) is 0 Å². The zero-order chi connectivity index (χ0) is 25.1. The van der Waals surface area contributed by atoms with Gasteiger partial charge in [0.05, 0.1) is 5.69 Å². The summed E-state index contributed by atoms with van der Waals surface area (Å²) in [5, 5.41) is 13.8. The van der Waals surface area contributed by atoms with Gasteiger partial charge in [-0.05, 0) is 87.7 Å². The molecule has 5 heteroatoms. The first-order chi connectivity index (χ1) is 16.7. The van der Waals surface area contributed by atoms with Crippen molar-refractivity contribution in [2.24, 2.45) is 11.8 Å². The molecule has 35 heavy (non-hydrogen) atoms. The van der Waals surface area contributed by atoms with Crippen LogP contribution in [0, 0.1) is 25.7 Å². The fourth-order valence-electron chi connectivity index (χ4n) is 5.94. The molecule has 1 heterocycles. The lowest BCUT2D eigenvalue weighted by molar-refractivity contribution is -0.137. The minimum atomic E-state index is -0.792. The molecule has 1 atom stereocenters. The summed E-state index contributed by atoms with van der Waals surface area (Å²) in [5.41, 5.74) is 5.61. The van der Waals surface area contributed by atoms with Gasteiger partial charge < -0.3 is 9.63 Å². The van der Waals surface area contributed by atoms with Gasteiger partial charge in [0.25, 0.3) is 0 Å². The first-order valence-electron chi connectivity index (χ1n) is 13.5. The second kappa shape index (κ2) is 11.1. The molecule has 0 bridgehead atoms. The monoisotopic (exact) mass is 479 g/mol. The van der Waals surface area contributed by atoms with Gasteiger partial charge in [-0.1, -0.05) is 42.8 Å². The molecule has 2 aliphatic carbocycles. The SMILES string of the molecule is Cc1ccc(CC(=O)CC(CCCC(=O)O)c2noc(C3CC(CC(C)C)C3)c2C2CC2)c(C)c1. The van der Waals surface area contributed by atoms with Crippen LogP contribution in [0.3, 0.4) is 0 Å². The van der Waals surface area contributed by atoms with Gasteiger partial charge in [0, 0.05) is 36.7 Å². The molecule has 0 spiro atoms. The highest BCUT2D eigenvalue weighted by atomic mass is 16.5. The van der Waals surface area contributed by atoms with Gasteiger partial charge in [-0.2, -0.15) is 0 Å². The Bertz CT molecular complexity index is 1040. The molecule has 0 radical (unpaired) electrons. The molecular formula is C30H41NO4. The molecule has 0 aliphatic heterocycles. The standard InChI is InChI=1S/C30H41NO4/c1-18(2)12-21-14-25(15-21)30-28(22-10-11-22)29(31-35-30)24(6-5-7-27(33)34)17-26(32)16-23-9-8-19(3)13-20(23)4/h8-9,13,18,21-22,24-25H,5-7,10-12,14-17H2,1-4H3,(H,33,34). The quantitative estimate of drug-likeness (QED) is 0.327. The van der Waals surface area contributed by atoms with Crippen LogP contribution in [0.25, 0.3) is 0 Å². The summed E-state index contributed by atoms with van der Waals surface area (Å²) < 4.78 is 6.02. The molecule has 4 rings (SSSR count). The van der Waals surface area contributed by atoms with E-state index in [2.05, 4.69) is 51.1 Å². The van der Waals surface area contributed by atoms with E-state index >= 15 is 0 Å². The lowest BCUT2D eigenvalue weighted by Gasteiger charge is -2.35. The number of benzene rings is 1. The molecule has 5 nitrogen and oxygen atoms in total. The fraction of sp³-hybridized carbons (Fsp3) is 0.633. The van der Waals surface area contributed by atoms with Crippen LogP contribution in [-0.2, 0) is 16.0 Å². The summed E-state index contributed by atoms with van der Waals surface area (Å²) in [6, 6.07) is 6.23. The van der Waals surface area contributed by atoms with E-state index in [-0.39, 0.29) is 18.1 Å². The fourth-order valence-corrected chi connectivity index (χ4v) is 5.94. The number of aliphatic carboxylic acids is 1. The summed E-state index contributed by atoms with van der Waals surface area (Å²) in [5.74, 6) is 2.80. The van der Waals surface area contributed by atoms with Gasteiger partial charge in [0.1, 0.15) is 11.5 Å². The predicted molar refractivity (Wildman–Crippen MR) is 137 cm³/mol. The number of nitrogens with zero attached hydrogens (tertiary/aromatic N) is 1. The van der Waals surface area contributed by atoms with Crippen molar-refractivity contribution < 1.29 is 19.2 Å². The van der Waals surface area contributed by atoms with E-state index in [1.54, 1.807) is 0 Å². The van der Waals surface area contributed by atoms with Crippen molar-refractivity contribution in [2.45, 2.75) is 110 Å². The smallest absolute Gasteiger partial charge is 0.303 e. The third kappa shape index (κ3) is 6.62. The maximum Gasteiger partial charge on any atom is 0.303 e. The maximum absolute atomic E-state index is 13.2. The summed E-state index contributed by atoms with van der Waals surface area (Å²) >= 11 is 0. The zero-order valence-electron chi connectivity index (χ0n) is 21.8. The van der Waals surface area contributed by atoms with Crippen LogP contribution in [0.1, 0.15) is 123 Å². The molecular weight excluding hydrogens is 438 g/mol. The molecule has 2 fully saturated rings. The highest BCUT2D eigenvalue weighted by Gasteiger charge is 2.41. The normalized spacial score (nSPS) is 20.6. The van der Waals surface area contributed by atoms with Crippen molar-refractivity contribution in [1.29, 1.82) is 0 Å². The Hall–Kier alpha value is -2.43. The highest BCUT2D eigenvalue weighted by Crippen LogP contribution is 2.52. The second-order valence-electron chi connectivity index (χ2n) is 11.6. The number of ketones is 1. The Morgan fingerprint density at radius 2 is 1.89 bits per heavy atom. The van der Waals surface area contributed by atoms with Gasteiger partial charge in [0.2, 0.25) is 0 Å². The van der Waals surface area contributed by atoms with E-state index in [4.69, 9.17) is 4.52 Å². The molecule has 0 saturated heterocycles. The van der Waals surface area contributed by atoms with E-state index in [0.717, 1.165) is 47.3 Å². The molecule has 1 aromatic carbocycles. The number of carboxylic acids is 1. The Labute approximate surface area is 209 Å². The first kappa shape index (κ1) is 25.7. The number of hydrogen-bond acceptors (Lipinski definition) is 4. The number of Topliss-reactive ketones (excluding diaryl/α,β-unsaturated/α-hetero) is 1. The Morgan fingerprint density at radius 3 is 2.51 bits per heavy atom. The molecule has 2 aromatic rings. The lowest BCUT2D eigenvalue weighted by atomic mass is 9.69. The summed E-state index contributed by atoms with van der Waals surface area (Å²) in [7, 11) is 0. The van der Waals surface area contributed by atoms with Gasteiger partial charge >= 0.3 is 5.97 Å². The van der Waals surface area contributed by atoms with E-state index in [9.17, 15) is 14.7 Å². The van der Waals surface area contributed by atoms with Crippen molar-refractivity contribution in [1.82, 2.24) is 5.16 Å². The number of carboxylic acid groups (broad SMARTS) is 1. The highest BCUT2D eigenvalue weighted by molar-refractivity contribution is 5.82. The Morgan fingerprint density at radius 1 is 1.14 bits per heavy atom. The Balaban J connectivity index is 1.51. The molecule has 1 aromatic heterocycles. The van der Waals surface area contributed by atoms with Crippen LogP contribution in [-0.4, -0.2) is 22.0 Å². The van der Waals surface area contributed by atoms with E-state index in [1.807, 2.05) is 0 Å². The minimum Gasteiger partial charge on any atom is -0.481 e. The largest absolute Gasteiger partial charge is 0.481 e. The van der Waals surface area contributed by atoms with Crippen LogP contribution in [0.15, 0.2) is 22.7 Å². The molecule has 190 valence electrons. The summed E-state index contributed by atoms with van der Waals surface area (Å²) in [6.07, 6.45) is 8.02. The lowest BCUT2D eigenvalue weighted by Crippen LogP contribution is -2.23. The average Bonchev–Trinajstić information content (AvgIpc) is 3.50. The molecule has 0 amide bonds. The van der Waals surface area contributed by atoms with Gasteiger partial charge in [-0.3, -0.25) is 9.59 Å². The van der Waals surface area contributed by atoms with E-state index in [1.165, 1.54) is 30.4 Å². The minimum absolute atomic E-state index is 0.0766. The molecule has 2 saturated carbocycles. The van der Waals surface area contributed by atoms with Crippen molar-refractivity contribution in [3.8, 4) is 0 Å². The molecule has 1 unspecified atom stereocenters. The number of carbonyl (C=O) groups is 2. The van der Waals surface area contributed by atoms with Crippen LogP contribution in [0.2, 0.25) is 0 Å². The number of carbonyl (C=O) groups excluding carboxylic acids is 1. The Kier molecular flexibility index (Phi) is 8.13. The number of hydrogen-bond donors (Lipinski definition) is 1. The van der Waals surface area contributed by atoms with Crippen molar-refractivity contribution in [3.05, 3.63) is 51.9 Å². The maximum atomic E-state index is 13.2. The average molecular weight is 480 g/mol. The third-order valence-electron chi connectivity index (χ3n) is 7.87. The number of rotatable bonds is 13. The molecule has 2 aliphatic rings.